The van der Waals surface area contributed by atoms with Crippen molar-refractivity contribution in [2.75, 3.05) is 11.5 Å². The van der Waals surface area contributed by atoms with Gasteiger partial charge in [0.25, 0.3) is 0 Å². The van der Waals surface area contributed by atoms with Gasteiger partial charge in [0.1, 0.15) is 22.2 Å². The minimum atomic E-state index is -1.15. The van der Waals surface area contributed by atoms with Crippen LogP contribution in [0.5, 0.6) is 0 Å². The minimum Gasteiger partial charge on any atom is -0.399 e. The van der Waals surface area contributed by atoms with E-state index in [0.717, 1.165) is 20.4 Å². The second-order valence-electron chi connectivity index (χ2n) is 5.45. The molecule has 0 bridgehead atoms. The largest absolute Gasteiger partial charge is 0.399 e. The van der Waals surface area contributed by atoms with Crippen LogP contribution in [0.4, 0.5) is 11.4 Å². The third-order valence-electron chi connectivity index (χ3n) is 3.66. The van der Waals surface area contributed by atoms with Crippen molar-refractivity contribution in [1.29, 1.82) is 0 Å². The molecule has 6 N–H and O–H groups in total. The Morgan fingerprint density at radius 1 is 0.750 bits per heavy atom. The molecule has 0 aliphatic heterocycles. The molecule has 2 aromatic heterocycles. The van der Waals surface area contributed by atoms with Gasteiger partial charge in [-0.05, 0) is 36.4 Å². The predicted octanol–water partition coefficient (Wildman–Crippen LogP) is 2.84. The molecule has 0 aliphatic carbocycles. The van der Waals surface area contributed by atoms with Crippen LogP contribution < -0.4 is 11.5 Å². The van der Waals surface area contributed by atoms with E-state index in [1.54, 1.807) is 36.4 Å². The SMILES string of the molecule is Nc1ccc2nc([C@@H](O)[C@@H](O)c3nc4ccc(N)cc4s3)sc2c1. The monoisotopic (exact) mass is 358 g/mol. The molecule has 122 valence electrons. The van der Waals surface area contributed by atoms with Gasteiger partial charge in [0.05, 0.1) is 20.4 Å². The number of nitrogen functional groups attached to an aromatic ring is 2. The Balaban J connectivity index is 1.69. The first kappa shape index (κ1) is 15.3. The molecule has 6 nitrogen and oxygen atoms in total. The molecule has 0 radical (unpaired) electrons. The number of benzene rings is 2. The van der Waals surface area contributed by atoms with Crippen LogP contribution in [0.1, 0.15) is 22.2 Å². The van der Waals surface area contributed by atoms with Crippen LogP contribution in [0, 0.1) is 0 Å². The number of fused-ring (bicyclic) bond motifs is 2. The summed E-state index contributed by atoms with van der Waals surface area (Å²) in [5.41, 5.74) is 14.3. The number of nitrogens with zero attached hydrogens (tertiary/aromatic N) is 2. The van der Waals surface area contributed by atoms with Crippen LogP contribution in [-0.4, -0.2) is 20.2 Å². The van der Waals surface area contributed by atoms with Gasteiger partial charge >= 0.3 is 0 Å². The Hall–Kier alpha value is -2.26. The molecule has 0 saturated heterocycles. The fourth-order valence-electron chi connectivity index (χ4n) is 2.44. The van der Waals surface area contributed by atoms with E-state index in [4.69, 9.17) is 11.5 Å². The zero-order valence-corrected chi connectivity index (χ0v) is 14.0. The average molecular weight is 358 g/mol. The van der Waals surface area contributed by atoms with Gasteiger partial charge in [-0.25, -0.2) is 9.97 Å². The van der Waals surface area contributed by atoms with E-state index in [1.165, 1.54) is 22.7 Å². The number of hydrogen-bond acceptors (Lipinski definition) is 8. The Labute approximate surface area is 145 Å². The Morgan fingerprint density at radius 2 is 1.17 bits per heavy atom. The fourth-order valence-corrected chi connectivity index (χ4v) is 4.51. The highest BCUT2D eigenvalue weighted by Crippen LogP contribution is 2.37. The standard InChI is InChI=1S/C16H14N4O2S2/c17-7-1-3-9-11(5-7)23-15(19-9)13(21)14(22)16-20-10-4-2-8(18)6-12(10)24-16/h1-6,13-14,21-22H,17-18H2/t13-,14+. The maximum atomic E-state index is 10.5. The van der Waals surface area contributed by atoms with Crippen molar-refractivity contribution in [3.8, 4) is 0 Å². The van der Waals surface area contributed by atoms with Gasteiger partial charge in [0.15, 0.2) is 0 Å². The fraction of sp³-hybridized carbons (Fsp3) is 0.125. The molecule has 4 aromatic rings. The van der Waals surface area contributed by atoms with E-state index in [0.29, 0.717) is 21.4 Å². The highest BCUT2D eigenvalue weighted by atomic mass is 32.1. The lowest BCUT2D eigenvalue weighted by Crippen LogP contribution is -2.09. The second-order valence-corrected chi connectivity index (χ2v) is 7.57. The first-order valence-corrected chi connectivity index (χ1v) is 8.82. The summed E-state index contributed by atoms with van der Waals surface area (Å²) in [5, 5.41) is 21.9. The second kappa shape index (κ2) is 5.67. The lowest BCUT2D eigenvalue weighted by atomic mass is 10.2. The van der Waals surface area contributed by atoms with Crippen molar-refractivity contribution in [2.45, 2.75) is 12.2 Å². The molecule has 0 fully saturated rings. The van der Waals surface area contributed by atoms with E-state index < -0.39 is 12.2 Å². The summed E-state index contributed by atoms with van der Waals surface area (Å²) < 4.78 is 1.74. The summed E-state index contributed by atoms with van der Waals surface area (Å²) in [4.78, 5) is 8.76. The number of hydrogen-bond donors (Lipinski definition) is 4. The predicted molar refractivity (Wildman–Crippen MR) is 98.0 cm³/mol. The molecule has 2 atom stereocenters. The molecule has 8 heteroatoms. The smallest absolute Gasteiger partial charge is 0.138 e. The minimum absolute atomic E-state index is 0.432. The molecular weight excluding hydrogens is 344 g/mol. The van der Waals surface area contributed by atoms with Crippen molar-refractivity contribution >= 4 is 54.5 Å². The normalized spacial score (nSPS) is 14.2. The third kappa shape index (κ3) is 2.59. The van der Waals surface area contributed by atoms with E-state index in [2.05, 4.69) is 9.97 Å². The summed E-state index contributed by atoms with van der Waals surface area (Å²) in [5.74, 6) is 0. The average Bonchev–Trinajstić information content (AvgIpc) is 3.16. The van der Waals surface area contributed by atoms with Gasteiger partial charge in [-0.2, -0.15) is 0 Å². The quantitative estimate of drug-likeness (QED) is 0.418. The van der Waals surface area contributed by atoms with Crippen LogP contribution in [-0.2, 0) is 0 Å². The summed E-state index contributed by atoms with van der Waals surface area (Å²) >= 11 is 2.62. The van der Waals surface area contributed by atoms with E-state index in [-0.39, 0.29) is 0 Å². The summed E-state index contributed by atoms with van der Waals surface area (Å²) in [6.07, 6.45) is -2.30. The van der Waals surface area contributed by atoms with Gasteiger partial charge in [-0.3, -0.25) is 0 Å². The van der Waals surface area contributed by atoms with Crippen LogP contribution in [0.2, 0.25) is 0 Å². The Bertz CT molecular complexity index is 959. The van der Waals surface area contributed by atoms with Crippen LogP contribution in [0.15, 0.2) is 36.4 Å². The van der Waals surface area contributed by atoms with Gasteiger partial charge in [-0.15, -0.1) is 22.7 Å². The van der Waals surface area contributed by atoms with Crippen molar-refractivity contribution in [2.24, 2.45) is 0 Å². The van der Waals surface area contributed by atoms with Gasteiger partial charge in [0, 0.05) is 11.4 Å². The highest BCUT2D eigenvalue weighted by Gasteiger charge is 2.26. The van der Waals surface area contributed by atoms with Crippen molar-refractivity contribution in [3.05, 3.63) is 46.4 Å². The molecule has 0 unspecified atom stereocenters. The van der Waals surface area contributed by atoms with Gasteiger partial charge in [0.2, 0.25) is 0 Å². The van der Waals surface area contributed by atoms with Crippen LogP contribution >= 0.6 is 22.7 Å². The number of nitrogens with two attached hydrogens (primary N) is 2. The molecule has 24 heavy (non-hydrogen) atoms. The highest BCUT2D eigenvalue weighted by molar-refractivity contribution is 7.19. The zero-order valence-electron chi connectivity index (χ0n) is 12.4. The molecule has 2 aromatic carbocycles. The lowest BCUT2D eigenvalue weighted by Gasteiger charge is -2.12. The summed E-state index contributed by atoms with van der Waals surface area (Å²) in [7, 11) is 0. The van der Waals surface area contributed by atoms with E-state index in [1.807, 2.05) is 0 Å². The van der Waals surface area contributed by atoms with Crippen molar-refractivity contribution < 1.29 is 10.2 Å². The van der Waals surface area contributed by atoms with E-state index in [9.17, 15) is 10.2 Å². The van der Waals surface area contributed by atoms with Gasteiger partial charge in [-0.1, -0.05) is 0 Å². The Morgan fingerprint density at radius 3 is 1.58 bits per heavy atom. The molecule has 0 amide bonds. The first-order valence-electron chi connectivity index (χ1n) is 7.19. The molecule has 2 heterocycles. The molecular formula is C16H14N4O2S2. The molecule has 0 saturated carbocycles. The molecule has 0 aliphatic rings. The van der Waals surface area contributed by atoms with Crippen molar-refractivity contribution in [3.63, 3.8) is 0 Å². The first-order chi connectivity index (χ1) is 11.5. The van der Waals surface area contributed by atoms with E-state index >= 15 is 0 Å². The van der Waals surface area contributed by atoms with Gasteiger partial charge < -0.3 is 21.7 Å². The lowest BCUT2D eigenvalue weighted by molar-refractivity contribution is 0.0172. The maximum absolute atomic E-state index is 10.5. The number of thiazole rings is 2. The third-order valence-corrected chi connectivity index (χ3v) is 5.84. The van der Waals surface area contributed by atoms with Crippen LogP contribution in [0.3, 0.4) is 0 Å². The molecule has 4 rings (SSSR count). The molecule has 0 spiro atoms. The number of aliphatic hydroxyl groups is 2. The van der Waals surface area contributed by atoms with Crippen LogP contribution in [0.25, 0.3) is 20.4 Å². The number of aliphatic hydroxyl groups excluding tert-OH is 2. The maximum Gasteiger partial charge on any atom is 0.138 e. The number of rotatable bonds is 3. The zero-order chi connectivity index (χ0) is 16.8. The number of aromatic nitrogens is 2. The Kier molecular flexibility index (Phi) is 3.61. The summed E-state index contributed by atoms with van der Waals surface area (Å²) in [6, 6.07) is 10.7. The number of anilines is 2. The summed E-state index contributed by atoms with van der Waals surface area (Å²) in [6.45, 7) is 0. The van der Waals surface area contributed by atoms with Crippen molar-refractivity contribution in [1.82, 2.24) is 9.97 Å². The topological polar surface area (TPSA) is 118 Å².